The quantitative estimate of drug-likeness (QED) is 0.843. The SMILES string of the molecule is O=C(N[C@@H]1CC[C@H](C(=O)O)C1)C1CCCN(C(=O)c2ccc(Cl)cc2)C1. The molecular weight excluding hydrogens is 356 g/mol. The minimum absolute atomic E-state index is 0.0744. The number of carboxylic acid groups (broad SMARTS) is 1. The van der Waals surface area contributed by atoms with Crippen molar-refractivity contribution in [2.75, 3.05) is 13.1 Å². The molecule has 1 aliphatic heterocycles. The minimum Gasteiger partial charge on any atom is -0.481 e. The van der Waals surface area contributed by atoms with E-state index >= 15 is 0 Å². The highest BCUT2D eigenvalue weighted by Gasteiger charge is 2.34. The number of carbonyl (C=O) groups is 3. The summed E-state index contributed by atoms with van der Waals surface area (Å²) in [5.74, 6) is -1.57. The van der Waals surface area contributed by atoms with Gasteiger partial charge in [-0.05, 0) is 56.4 Å². The van der Waals surface area contributed by atoms with E-state index in [-0.39, 0.29) is 29.7 Å². The standard InChI is InChI=1S/C19H23ClN2O4/c20-15-6-3-12(4-7-15)18(24)22-9-1-2-14(11-22)17(23)21-16-8-5-13(10-16)19(25)26/h3-4,6-7,13-14,16H,1-2,5,8-11H2,(H,21,23)(H,25,26)/t13-,14?,16+/m0/s1. The van der Waals surface area contributed by atoms with Crippen molar-refractivity contribution in [3.8, 4) is 0 Å². The first-order valence-electron chi connectivity index (χ1n) is 9.02. The van der Waals surface area contributed by atoms with Crippen LogP contribution in [0.2, 0.25) is 5.02 Å². The van der Waals surface area contributed by atoms with Crippen molar-refractivity contribution in [3.63, 3.8) is 0 Å². The van der Waals surface area contributed by atoms with Gasteiger partial charge in [0.2, 0.25) is 5.91 Å². The summed E-state index contributed by atoms with van der Waals surface area (Å²) in [7, 11) is 0. The first-order valence-corrected chi connectivity index (χ1v) is 9.40. The molecular formula is C19H23ClN2O4. The van der Waals surface area contributed by atoms with Crippen LogP contribution in [0.5, 0.6) is 0 Å². The van der Waals surface area contributed by atoms with E-state index in [1.54, 1.807) is 29.2 Å². The molecule has 1 saturated heterocycles. The highest BCUT2D eigenvalue weighted by atomic mass is 35.5. The normalized spacial score (nSPS) is 25.7. The Kier molecular flexibility index (Phi) is 5.81. The fraction of sp³-hybridized carbons (Fsp3) is 0.526. The number of aliphatic carboxylic acids is 1. The molecule has 1 saturated carbocycles. The summed E-state index contributed by atoms with van der Waals surface area (Å²) in [5.41, 5.74) is 0.565. The Morgan fingerprint density at radius 1 is 1.08 bits per heavy atom. The Balaban J connectivity index is 1.56. The highest BCUT2D eigenvalue weighted by Crippen LogP contribution is 2.27. The lowest BCUT2D eigenvalue weighted by Crippen LogP contribution is -2.47. The summed E-state index contributed by atoms with van der Waals surface area (Å²) in [5, 5.41) is 12.6. The largest absolute Gasteiger partial charge is 0.481 e. The van der Waals surface area contributed by atoms with Gasteiger partial charge in [0.1, 0.15) is 0 Å². The molecule has 7 heteroatoms. The number of rotatable bonds is 4. The molecule has 0 aromatic heterocycles. The predicted octanol–water partition coefficient (Wildman–Crippen LogP) is 2.56. The maximum absolute atomic E-state index is 12.6. The fourth-order valence-electron chi connectivity index (χ4n) is 3.81. The minimum atomic E-state index is -0.792. The second kappa shape index (κ2) is 8.08. The van der Waals surface area contributed by atoms with Gasteiger partial charge >= 0.3 is 5.97 Å². The number of carbonyl (C=O) groups excluding carboxylic acids is 2. The molecule has 2 N–H and O–H groups in total. The number of halogens is 1. The molecule has 3 atom stereocenters. The van der Waals surface area contributed by atoms with Crippen molar-refractivity contribution in [1.29, 1.82) is 0 Å². The molecule has 0 radical (unpaired) electrons. The maximum Gasteiger partial charge on any atom is 0.306 e. The van der Waals surface area contributed by atoms with Gasteiger partial charge in [0.15, 0.2) is 0 Å². The third-order valence-electron chi connectivity index (χ3n) is 5.30. The molecule has 0 bridgehead atoms. The summed E-state index contributed by atoms with van der Waals surface area (Å²) in [4.78, 5) is 38.0. The predicted molar refractivity (Wildman–Crippen MR) is 97.0 cm³/mol. The summed E-state index contributed by atoms with van der Waals surface area (Å²) in [6.45, 7) is 1.03. The lowest BCUT2D eigenvalue weighted by Gasteiger charge is -2.32. The van der Waals surface area contributed by atoms with Crippen LogP contribution >= 0.6 is 11.6 Å². The van der Waals surface area contributed by atoms with Crippen molar-refractivity contribution in [1.82, 2.24) is 10.2 Å². The van der Waals surface area contributed by atoms with E-state index in [1.807, 2.05) is 0 Å². The highest BCUT2D eigenvalue weighted by molar-refractivity contribution is 6.30. The van der Waals surface area contributed by atoms with E-state index in [4.69, 9.17) is 16.7 Å². The number of likely N-dealkylation sites (tertiary alicyclic amines) is 1. The number of benzene rings is 1. The summed E-state index contributed by atoms with van der Waals surface area (Å²) < 4.78 is 0. The molecule has 2 fully saturated rings. The van der Waals surface area contributed by atoms with Crippen LogP contribution in [0.4, 0.5) is 0 Å². The Hall–Kier alpha value is -2.08. The van der Waals surface area contributed by atoms with E-state index in [9.17, 15) is 14.4 Å². The van der Waals surface area contributed by atoms with E-state index in [0.717, 1.165) is 12.8 Å². The van der Waals surface area contributed by atoms with Gasteiger partial charge in [-0.3, -0.25) is 14.4 Å². The van der Waals surface area contributed by atoms with Gasteiger partial charge in [0, 0.05) is 29.7 Å². The monoisotopic (exact) mass is 378 g/mol. The van der Waals surface area contributed by atoms with Crippen LogP contribution in [0.1, 0.15) is 42.5 Å². The Labute approximate surface area is 157 Å². The third-order valence-corrected chi connectivity index (χ3v) is 5.55. The van der Waals surface area contributed by atoms with Crippen molar-refractivity contribution >= 4 is 29.4 Å². The van der Waals surface area contributed by atoms with E-state index < -0.39 is 5.97 Å². The van der Waals surface area contributed by atoms with Crippen LogP contribution in [0.3, 0.4) is 0 Å². The van der Waals surface area contributed by atoms with E-state index in [0.29, 0.717) is 42.9 Å². The van der Waals surface area contributed by atoms with Crippen molar-refractivity contribution in [2.24, 2.45) is 11.8 Å². The molecule has 26 heavy (non-hydrogen) atoms. The fourth-order valence-corrected chi connectivity index (χ4v) is 3.93. The van der Waals surface area contributed by atoms with Gasteiger partial charge in [-0.1, -0.05) is 11.6 Å². The second-order valence-electron chi connectivity index (χ2n) is 7.15. The Morgan fingerprint density at radius 2 is 1.81 bits per heavy atom. The molecule has 3 rings (SSSR count). The molecule has 1 aromatic rings. The molecule has 2 aliphatic rings. The maximum atomic E-state index is 12.6. The topological polar surface area (TPSA) is 86.7 Å². The number of hydrogen-bond acceptors (Lipinski definition) is 3. The lowest BCUT2D eigenvalue weighted by molar-refractivity contribution is -0.141. The zero-order valence-corrected chi connectivity index (χ0v) is 15.2. The Bertz CT molecular complexity index is 691. The zero-order valence-electron chi connectivity index (χ0n) is 14.5. The number of piperidine rings is 1. The molecule has 2 amide bonds. The van der Waals surface area contributed by atoms with Crippen LogP contribution in [0.25, 0.3) is 0 Å². The molecule has 140 valence electrons. The number of carboxylic acids is 1. The molecule has 1 aliphatic carbocycles. The van der Waals surface area contributed by atoms with E-state index in [1.165, 1.54) is 0 Å². The van der Waals surface area contributed by atoms with Crippen LogP contribution in [-0.4, -0.2) is 46.9 Å². The average molecular weight is 379 g/mol. The van der Waals surface area contributed by atoms with Gasteiger partial charge < -0.3 is 15.3 Å². The van der Waals surface area contributed by atoms with Crippen LogP contribution in [-0.2, 0) is 9.59 Å². The van der Waals surface area contributed by atoms with Gasteiger partial charge in [0.25, 0.3) is 5.91 Å². The third kappa shape index (κ3) is 4.36. The van der Waals surface area contributed by atoms with E-state index in [2.05, 4.69) is 5.32 Å². The summed E-state index contributed by atoms with van der Waals surface area (Å²) in [6.07, 6.45) is 3.31. The van der Waals surface area contributed by atoms with Crippen molar-refractivity contribution in [2.45, 2.75) is 38.1 Å². The molecule has 1 aromatic carbocycles. The first-order chi connectivity index (χ1) is 12.4. The number of amides is 2. The summed E-state index contributed by atoms with van der Waals surface area (Å²) >= 11 is 5.86. The average Bonchev–Trinajstić information content (AvgIpc) is 3.11. The van der Waals surface area contributed by atoms with Crippen molar-refractivity contribution in [3.05, 3.63) is 34.9 Å². The zero-order chi connectivity index (χ0) is 18.7. The van der Waals surface area contributed by atoms with Crippen LogP contribution in [0.15, 0.2) is 24.3 Å². The Morgan fingerprint density at radius 3 is 2.46 bits per heavy atom. The molecule has 0 spiro atoms. The van der Waals surface area contributed by atoms with Crippen LogP contribution in [0, 0.1) is 11.8 Å². The van der Waals surface area contributed by atoms with Gasteiger partial charge in [-0.15, -0.1) is 0 Å². The number of nitrogens with one attached hydrogen (secondary N) is 1. The molecule has 6 nitrogen and oxygen atoms in total. The van der Waals surface area contributed by atoms with Crippen molar-refractivity contribution < 1.29 is 19.5 Å². The smallest absolute Gasteiger partial charge is 0.306 e. The molecule has 1 heterocycles. The van der Waals surface area contributed by atoms with Crippen LogP contribution < -0.4 is 5.32 Å². The van der Waals surface area contributed by atoms with Gasteiger partial charge in [-0.25, -0.2) is 0 Å². The number of nitrogens with zero attached hydrogens (tertiary/aromatic N) is 1. The molecule has 1 unspecified atom stereocenters. The van der Waals surface area contributed by atoms with Gasteiger partial charge in [0.05, 0.1) is 11.8 Å². The summed E-state index contributed by atoms with van der Waals surface area (Å²) in [6, 6.07) is 6.67. The lowest BCUT2D eigenvalue weighted by atomic mass is 9.96. The van der Waals surface area contributed by atoms with Gasteiger partial charge in [-0.2, -0.15) is 0 Å². The number of hydrogen-bond donors (Lipinski definition) is 2. The second-order valence-corrected chi connectivity index (χ2v) is 7.59. The first kappa shape index (κ1) is 18.7.